The minimum absolute atomic E-state index is 0.725. The number of methoxy groups -OCH3 is 1. The Balaban J connectivity index is 2.99. The summed E-state index contributed by atoms with van der Waals surface area (Å²) in [6, 6.07) is 5.99. The Morgan fingerprint density at radius 1 is 1.27 bits per heavy atom. The second-order valence-electron chi connectivity index (χ2n) is 3.69. The molecule has 0 aliphatic rings. The third-order valence-corrected chi connectivity index (χ3v) is 2.18. The van der Waals surface area contributed by atoms with Gasteiger partial charge in [-0.1, -0.05) is 32.9 Å². The fraction of sp³-hybridized carbons (Fsp3) is 0.462. The van der Waals surface area contributed by atoms with Crippen LogP contribution in [0.25, 0.3) is 0 Å². The van der Waals surface area contributed by atoms with Crippen molar-refractivity contribution in [2.24, 2.45) is 0 Å². The lowest BCUT2D eigenvalue weighted by molar-refractivity contribution is 0.293. The monoisotopic (exact) mass is 207 g/mol. The minimum atomic E-state index is 0.725. The van der Waals surface area contributed by atoms with Gasteiger partial charge < -0.3 is 9.47 Å². The van der Waals surface area contributed by atoms with Gasteiger partial charge in [0, 0.05) is 11.5 Å². The maximum absolute atomic E-state index is 5.63. The average molecular weight is 207 g/mol. The summed E-state index contributed by atoms with van der Waals surface area (Å²) < 4.78 is 11.0. The number of benzene rings is 1. The quantitative estimate of drug-likeness (QED) is 0.736. The fourth-order valence-corrected chi connectivity index (χ4v) is 1.45. The normalized spacial score (nSPS) is 10.5. The van der Waals surface area contributed by atoms with Gasteiger partial charge in [0.2, 0.25) is 0 Å². The molecule has 2 heteroatoms. The maximum atomic E-state index is 5.63. The summed E-state index contributed by atoms with van der Waals surface area (Å²) in [6.07, 6.45) is 1.00. The molecule has 0 bridgehead atoms. The summed E-state index contributed by atoms with van der Waals surface area (Å²) in [7, 11) is 1.68. The molecule has 1 rings (SSSR count). The van der Waals surface area contributed by atoms with E-state index in [4.69, 9.17) is 9.47 Å². The topological polar surface area (TPSA) is 18.5 Å². The van der Waals surface area contributed by atoms with Crippen molar-refractivity contribution in [2.45, 2.75) is 27.2 Å². The summed E-state index contributed by atoms with van der Waals surface area (Å²) in [5.74, 6) is 2.90. The van der Waals surface area contributed by atoms with Gasteiger partial charge in [0.15, 0.2) is 11.5 Å². The smallest absolute Gasteiger partial charge is 0.164 e. The molecule has 0 aromatic heterocycles. The van der Waals surface area contributed by atoms with Crippen LogP contribution in [-0.4, -0.2) is 13.7 Å². The van der Waals surface area contributed by atoms with Gasteiger partial charge in [0.25, 0.3) is 0 Å². The highest BCUT2D eigenvalue weighted by Crippen LogP contribution is 2.34. The van der Waals surface area contributed by atoms with E-state index in [9.17, 15) is 0 Å². The van der Waals surface area contributed by atoms with Crippen molar-refractivity contribution in [1.29, 1.82) is 0 Å². The first-order chi connectivity index (χ1) is 7.20. The highest BCUT2D eigenvalue weighted by Gasteiger charge is 2.12. The van der Waals surface area contributed by atoms with E-state index in [1.54, 1.807) is 7.11 Å². The first kappa shape index (κ1) is 11.9. The van der Waals surface area contributed by atoms with Gasteiger partial charge >= 0.3 is 0 Å². The highest BCUT2D eigenvalue weighted by molar-refractivity contribution is 5.51. The summed E-state index contributed by atoms with van der Waals surface area (Å²) in [4.78, 5) is 0. The van der Waals surface area contributed by atoms with Gasteiger partial charge in [-0.05, 0) is 12.5 Å². The van der Waals surface area contributed by atoms with Gasteiger partial charge in [0.1, 0.15) is 0 Å². The van der Waals surface area contributed by atoms with Gasteiger partial charge in [-0.3, -0.25) is 0 Å². The Morgan fingerprint density at radius 3 is 2.53 bits per heavy atom. The van der Waals surface area contributed by atoms with Crippen LogP contribution in [0.2, 0.25) is 0 Å². The first-order valence-corrected chi connectivity index (χ1v) is 5.31. The Morgan fingerprint density at radius 2 is 2.00 bits per heavy atom. The van der Waals surface area contributed by atoms with Gasteiger partial charge in [-0.2, -0.15) is 0 Å². The molecular formula is C13H19O2. The number of hydrogen-bond acceptors (Lipinski definition) is 2. The summed E-state index contributed by atoms with van der Waals surface area (Å²) >= 11 is 0. The second kappa shape index (κ2) is 5.64. The van der Waals surface area contributed by atoms with Crippen molar-refractivity contribution in [3.05, 3.63) is 29.7 Å². The zero-order valence-electron chi connectivity index (χ0n) is 9.96. The van der Waals surface area contributed by atoms with Gasteiger partial charge in [-0.25, -0.2) is 0 Å². The average Bonchev–Trinajstić information content (AvgIpc) is 2.25. The van der Waals surface area contributed by atoms with Crippen LogP contribution < -0.4 is 9.47 Å². The van der Waals surface area contributed by atoms with Crippen molar-refractivity contribution in [3.63, 3.8) is 0 Å². The van der Waals surface area contributed by atoms with Crippen molar-refractivity contribution in [1.82, 2.24) is 0 Å². The van der Waals surface area contributed by atoms with Crippen LogP contribution in [0.5, 0.6) is 11.5 Å². The first-order valence-electron chi connectivity index (χ1n) is 5.31. The lowest BCUT2D eigenvalue weighted by Crippen LogP contribution is -2.01. The largest absolute Gasteiger partial charge is 0.493 e. The molecule has 15 heavy (non-hydrogen) atoms. The summed E-state index contributed by atoms with van der Waals surface area (Å²) in [5, 5.41) is 0. The van der Waals surface area contributed by atoms with Crippen LogP contribution in [0.4, 0.5) is 0 Å². The fourth-order valence-electron chi connectivity index (χ4n) is 1.45. The zero-order chi connectivity index (χ0) is 11.3. The van der Waals surface area contributed by atoms with Crippen molar-refractivity contribution < 1.29 is 9.47 Å². The van der Waals surface area contributed by atoms with E-state index in [-0.39, 0.29) is 0 Å². The molecule has 0 spiro atoms. The minimum Gasteiger partial charge on any atom is -0.493 e. The number of para-hydroxylation sites is 1. The lowest BCUT2D eigenvalue weighted by atomic mass is 10.0. The number of ether oxygens (including phenoxy) is 2. The molecule has 0 aliphatic heterocycles. The standard InChI is InChI=1S/C13H19O2/c1-5-9-15-12-8-6-7-11(10(2)3)13(12)14-4/h6-8H,5,9H2,1-4H3. The van der Waals surface area contributed by atoms with Crippen LogP contribution in [-0.2, 0) is 0 Å². The molecule has 1 aromatic rings. The third kappa shape index (κ3) is 2.88. The zero-order valence-corrected chi connectivity index (χ0v) is 9.96. The van der Waals surface area contributed by atoms with Crippen LogP contribution in [0.15, 0.2) is 18.2 Å². The molecular weight excluding hydrogens is 188 g/mol. The Bertz CT molecular complexity index is 305. The molecule has 0 amide bonds. The predicted octanol–water partition coefficient (Wildman–Crippen LogP) is 3.45. The second-order valence-corrected chi connectivity index (χ2v) is 3.69. The predicted molar refractivity (Wildman–Crippen MR) is 62.5 cm³/mol. The van der Waals surface area contributed by atoms with Crippen LogP contribution in [0.3, 0.4) is 0 Å². The van der Waals surface area contributed by atoms with Crippen molar-refractivity contribution in [2.75, 3.05) is 13.7 Å². The molecule has 0 fully saturated rings. The molecule has 1 radical (unpaired) electrons. The highest BCUT2D eigenvalue weighted by atomic mass is 16.5. The van der Waals surface area contributed by atoms with E-state index in [1.165, 1.54) is 5.92 Å². The van der Waals surface area contributed by atoms with Gasteiger partial charge in [-0.15, -0.1) is 0 Å². The molecule has 0 N–H and O–H groups in total. The molecule has 0 unspecified atom stereocenters. The van der Waals surface area contributed by atoms with Crippen LogP contribution >= 0.6 is 0 Å². The third-order valence-electron chi connectivity index (χ3n) is 2.18. The van der Waals surface area contributed by atoms with E-state index in [0.29, 0.717) is 0 Å². The number of rotatable bonds is 5. The van der Waals surface area contributed by atoms with Crippen LogP contribution in [0.1, 0.15) is 32.8 Å². The van der Waals surface area contributed by atoms with E-state index < -0.39 is 0 Å². The number of hydrogen-bond donors (Lipinski definition) is 0. The van der Waals surface area contributed by atoms with E-state index >= 15 is 0 Å². The van der Waals surface area contributed by atoms with Crippen molar-refractivity contribution in [3.8, 4) is 11.5 Å². The van der Waals surface area contributed by atoms with E-state index in [2.05, 4.69) is 20.8 Å². The SMILES string of the molecule is CCCOc1cccc([C](C)C)c1OC. The summed E-state index contributed by atoms with van der Waals surface area (Å²) in [6.45, 7) is 6.96. The molecule has 0 saturated carbocycles. The Kier molecular flexibility index (Phi) is 4.47. The molecule has 2 nitrogen and oxygen atoms in total. The molecule has 0 aliphatic carbocycles. The van der Waals surface area contributed by atoms with Crippen LogP contribution in [0, 0.1) is 5.92 Å². The summed E-state index contributed by atoms with van der Waals surface area (Å²) in [5.41, 5.74) is 1.12. The van der Waals surface area contributed by atoms with E-state index in [1.807, 2.05) is 18.2 Å². The molecule has 0 heterocycles. The Labute approximate surface area is 92.2 Å². The van der Waals surface area contributed by atoms with Crippen molar-refractivity contribution >= 4 is 0 Å². The molecule has 0 atom stereocenters. The molecule has 1 aromatic carbocycles. The van der Waals surface area contributed by atoms with E-state index in [0.717, 1.165) is 30.1 Å². The lowest BCUT2D eigenvalue weighted by Gasteiger charge is -2.15. The molecule has 0 saturated heterocycles. The molecule has 83 valence electrons. The Hall–Kier alpha value is -1.18. The van der Waals surface area contributed by atoms with Gasteiger partial charge in [0.05, 0.1) is 13.7 Å². The maximum Gasteiger partial charge on any atom is 0.164 e.